The van der Waals surface area contributed by atoms with Gasteiger partial charge in [-0.1, -0.05) is 73.2 Å². The Hall–Kier alpha value is -2.47. The summed E-state index contributed by atoms with van der Waals surface area (Å²) < 4.78 is 12.9. The smallest absolute Gasteiger partial charge is 0.303 e. The topological polar surface area (TPSA) is 59.0 Å². The zero-order valence-electron chi connectivity index (χ0n) is 20.7. The third kappa shape index (κ3) is 7.76. The van der Waals surface area contributed by atoms with E-state index < -0.39 is 5.97 Å². The molecular formula is C30H39NO4. The van der Waals surface area contributed by atoms with Gasteiger partial charge in [0.2, 0.25) is 0 Å². The Morgan fingerprint density at radius 3 is 2.40 bits per heavy atom. The minimum atomic E-state index is -0.736. The molecule has 0 spiro atoms. The Kier molecular flexibility index (Phi) is 9.94. The van der Waals surface area contributed by atoms with Gasteiger partial charge in [0.1, 0.15) is 0 Å². The number of rotatable bonds is 12. The molecule has 0 aromatic heterocycles. The van der Waals surface area contributed by atoms with Crippen molar-refractivity contribution in [3.8, 4) is 11.1 Å². The van der Waals surface area contributed by atoms with Crippen LogP contribution in [0.4, 0.5) is 0 Å². The molecule has 188 valence electrons. The van der Waals surface area contributed by atoms with Crippen molar-refractivity contribution in [1.29, 1.82) is 0 Å². The van der Waals surface area contributed by atoms with E-state index in [9.17, 15) is 4.79 Å². The van der Waals surface area contributed by atoms with Gasteiger partial charge in [0.25, 0.3) is 0 Å². The van der Waals surface area contributed by atoms with Crippen molar-refractivity contribution < 1.29 is 19.4 Å². The first-order chi connectivity index (χ1) is 17.2. The Morgan fingerprint density at radius 1 is 0.914 bits per heavy atom. The molecule has 0 bridgehead atoms. The molecule has 1 heterocycles. The van der Waals surface area contributed by atoms with E-state index in [-0.39, 0.29) is 18.6 Å². The summed E-state index contributed by atoms with van der Waals surface area (Å²) >= 11 is 0. The van der Waals surface area contributed by atoms with Gasteiger partial charge in [-0.3, -0.25) is 9.69 Å². The molecule has 2 aliphatic rings. The van der Waals surface area contributed by atoms with Gasteiger partial charge in [0.15, 0.2) is 0 Å². The molecule has 1 aliphatic carbocycles. The molecule has 0 amide bonds. The second-order valence-electron chi connectivity index (χ2n) is 9.71. The maximum Gasteiger partial charge on any atom is 0.303 e. The third-order valence-corrected chi connectivity index (χ3v) is 7.19. The lowest BCUT2D eigenvalue weighted by atomic mass is 10.0. The van der Waals surface area contributed by atoms with Crippen molar-refractivity contribution in [2.75, 3.05) is 19.7 Å². The number of piperidine rings is 1. The molecule has 2 aromatic rings. The summed E-state index contributed by atoms with van der Waals surface area (Å²) in [6.07, 6.45) is 11.9. The first-order valence-corrected chi connectivity index (χ1v) is 13.2. The molecule has 2 aromatic carbocycles. The van der Waals surface area contributed by atoms with Crippen LogP contribution in [0.5, 0.6) is 0 Å². The van der Waals surface area contributed by atoms with Crippen molar-refractivity contribution in [3.05, 3.63) is 72.3 Å². The van der Waals surface area contributed by atoms with Gasteiger partial charge in [0, 0.05) is 12.5 Å². The van der Waals surface area contributed by atoms with Crippen molar-refractivity contribution in [3.63, 3.8) is 0 Å². The number of aliphatic carboxylic acids is 1. The standard InChI is InChI=1S/C30H39NO4/c32-29(33)13-7-1-2-10-22-34-30-27(31-20-8-4-9-21-31)18-19-28(30)35-23-24-14-16-26(17-15-24)25-11-5-3-6-12-25/h2-3,5-6,10-12,14-17,27-28,30H,1,4,7-9,13,18-23H2,(H,32,33)/t27-,28-,30+/m0/s1. The van der Waals surface area contributed by atoms with Crippen LogP contribution < -0.4 is 0 Å². The number of carboxylic acids is 1. The lowest BCUT2D eigenvalue weighted by Crippen LogP contribution is -2.47. The molecule has 0 unspecified atom stereocenters. The maximum absolute atomic E-state index is 10.7. The van der Waals surface area contributed by atoms with Crippen LogP contribution in [0.3, 0.4) is 0 Å². The molecule has 2 fully saturated rings. The average Bonchev–Trinajstić information content (AvgIpc) is 3.30. The third-order valence-electron chi connectivity index (χ3n) is 7.19. The van der Waals surface area contributed by atoms with E-state index in [0.717, 1.165) is 32.4 Å². The lowest BCUT2D eigenvalue weighted by Gasteiger charge is -2.36. The second-order valence-corrected chi connectivity index (χ2v) is 9.71. The fraction of sp³-hybridized carbons (Fsp3) is 0.500. The summed E-state index contributed by atoms with van der Waals surface area (Å²) in [5, 5.41) is 8.77. The quantitative estimate of drug-likeness (QED) is 0.296. The molecule has 3 atom stereocenters. The summed E-state index contributed by atoms with van der Waals surface area (Å²) in [6, 6.07) is 19.5. The molecule has 1 N–H and O–H groups in total. The number of hydrogen-bond acceptors (Lipinski definition) is 4. The summed E-state index contributed by atoms with van der Waals surface area (Å²) in [6.45, 7) is 3.46. The van der Waals surface area contributed by atoms with Crippen LogP contribution in [0, 0.1) is 0 Å². The number of carbonyl (C=O) groups is 1. The summed E-state index contributed by atoms with van der Waals surface area (Å²) in [5.74, 6) is -0.736. The molecule has 1 saturated carbocycles. The number of ether oxygens (including phenoxy) is 2. The normalized spacial score (nSPS) is 23.1. The minimum absolute atomic E-state index is 0.0698. The van der Waals surface area contributed by atoms with Crippen LogP contribution in [0.15, 0.2) is 66.7 Å². The van der Waals surface area contributed by atoms with Gasteiger partial charge in [-0.05, 0) is 68.3 Å². The van der Waals surface area contributed by atoms with E-state index in [0.29, 0.717) is 25.7 Å². The Balaban J connectivity index is 1.32. The summed E-state index contributed by atoms with van der Waals surface area (Å²) in [4.78, 5) is 13.3. The fourth-order valence-corrected chi connectivity index (χ4v) is 5.30. The number of likely N-dealkylation sites (tertiary alicyclic amines) is 1. The van der Waals surface area contributed by atoms with Crippen molar-refractivity contribution in [2.24, 2.45) is 0 Å². The van der Waals surface area contributed by atoms with Gasteiger partial charge >= 0.3 is 5.97 Å². The zero-order valence-corrected chi connectivity index (χ0v) is 20.7. The van der Waals surface area contributed by atoms with Crippen LogP contribution in [-0.2, 0) is 20.9 Å². The first-order valence-electron chi connectivity index (χ1n) is 13.2. The van der Waals surface area contributed by atoms with Crippen LogP contribution >= 0.6 is 0 Å². The summed E-state index contributed by atoms with van der Waals surface area (Å²) in [5.41, 5.74) is 3.63. The van der Waals surface area contributed by atoms with Crippen LogP contribution in [-0.4, -0.2) is 53.9 Å². The number of unbranched alkanes of at least 4 members (excludes halogenated alkanes) is 1. The van der Waals surface area contributed by atoms with Gasteiger partial charge in [-0.15, -0.1) is 0 Å². The fourth-order valence-electron chi connectivity index (χ4n) is 5.30. The highest BCUT2D eigenvalue weighted by molar-refractivity contribution is 5.66. The lowest BCUT2D eigenvalue weighted by molar-refractivity contribution is -0.137. The average molecular weight is 478 g/mol. The monoisotopic (exact) mass is 477 g/mol. The number of nitrogens with zero attached hydrogens (tertiary/aromatic N) is 1. The SMILES string of the molecule is O=C(O)CCCC=CCO[C@H]1[C@@H](OCc2ccc(-c3ccccc3)cc2)CC[C@@H]1N1CCCCC1. The minimum Gasteiger partial charge on any atom is -0.481 e. The first kappa shape index (κ1) is 25.6. The highest BCUT2D eigenvalue weighted by atomic mass is 16.5. The van der Waals surface area contributed by atoms with E-state index in [1.165, 1.54) is 36.0 Å². The highest BCUT2D eigenvalue weighted by Gasteiger charge is 2.41. The van der Waals surface area contributed by atoms with Gasteiger partial charge in [-0.2, -0.15) is 0 Å². The molecule has 1 saturated heterocycles. The zero-order chi connectivity index (χ0) is 24.3. The predicted molar refractivity (Wildman–Crippen MR) is 139 cm³/mol. The molecule has 4 rings (SSSR count). The van der Waals surface area contributed by atoms with E-state index in [4.69, 9.17) is 14.6 Å². The van der Waals surface area contributed by atoms with Crippen molar-refractivity contribution in [1.82, 2.24) is 4.90 Å². The predicted octanol–water partition coefficient (Wildman–Crippen LogP) is 6.08. The van der Waals surface area contributed by atoms with E-state index in [2.05, 4.69) is 53.4 Å². The Morgan fingerprint density at radius 2 is 1.66 bits per heavy atom. The van der Waals surface area contributed by atoms with E-state index in [1.807, 2.05) is 18.2 Å². The number of allylic oxidation sites excluding steroid dienone is 1. The number of benzene rings is 2. The van der Waals surface area contributed by atoms with Crippen LogP contribution in [0.1, 0.15) is 56.9 Å². The van der Waals surface area contributed by atoms with Crippen molar-refractivity contribution in [2.45, 2.75) is 76.2 Å². The highest BCUT2D eigenvalue weighted by Crippen LogP contribution is 2.32. The van der Waals surface area contributed by atoms with Gasteiger partial charge < -0.3 is 14.6 Å². The number of carboxylic acid groups (broad SMARTS) is 1. The van der Waals surface area contributed by atoms with E-state index in [1.54, 1.807) is 0 Å². The van der Waals surface area contributed by atoms with Gasteiger partial charge in [-0.25, -0.2) is 0 Å². The summed E-state index contributed by atoms with van der Waals surface area (Å²) in [7, 11) is 0. The molecule has 5 nitrogen and oxygen atoms in total. The maximum atomic E-state index is 10.7. The van der Waals surface area contributed by atoms with E-state index >= 15 is 0 Å². The Bertz CT molecular complexity index is 921. The van der Waals surface area contributed by atoms with Crippen molar-refractivity contribution >= 4 is 5.97 Å². The molecule has 1 aliphatic heterocycles. The largest absolute Gasteiger partial charge is 0.481 e. The second kappa shape index (κ2) is 13.6. The number of hydrogen-bond donors (Lipinski definition) is 1. The van der Waals surface area contributed by atoms with Crippen LogP contribution in [0.2, 0.25) is 0 Å². The molecule has 35 heavy (non-hydrogen) atoms. The molecule has 5 heteroatoms. The Labute approximate surface area is 209 Å². The molecular weight excluding hydrogens is 438 g/mol. The van der Waals surface area contributed by atoms with Crippen LogP contribution in [0.25, 0.3) is 11.1 Å². The van der Waals surface area contributed by atoms with Gasteiger partial charge in [0.05, 0.1) is 25.4 Å². The molecule has 0 radical (unpaired) electrons.